The summed E-state index contributed by atoms with van der Waals surface area (Å²) < 4.78 is 28.7. The molecule has 4 nitrogen and oxygen atoms in total. The third kappa shape index (κ3) is 4.52. The number of hydrogen-bond donors (Lipinski definition) is 2. The maximum Gasteiger partial charge on any atom is 0.241 e. The summed E-state index contributed by atoms with van der Waals surface area (Å²) in [7, 11) is -1.63. The van der Waals surface area contributed by atoms with Crippen LogP contribution in [0.15, 0.2) is 27.6 Å². The smallest absolute Gasteiger partial charge is 0.241 e. The first-order valence-corrected chi connectivity index (χ1v) is 9.65. The monoisotopic (exact) mass is 374 g/mol. The third-order valence-corrected chi connectivity index (χ3v) is 6.52. The van der Waals surface area contributed by atoms with Gasteiger partial charge in [0, 0.05) is 17.1 Å². The van der Waals surface area contributed by atoms with Gasteiger partial charge in [-0.25, -0.2) is 13.1 Å². The van der Waals surface area contributed by atoms with Gasteiger partial charge in [0.1, 0.15) is 0 Å². The molecule has 0 spiro atoms. The lowest BCUT2D eigenvalue weighted by Crippen LogP contribution is -2.37. The van der Waals surface area contributed by atoms with Crippen LogP contribution >= 0.6 is 15.9 Å². The van der Waals surface area contributed by atoms with Gasteiger partial charge in [0.15, 0.2) is 0 Å². The van der Waals surface area contributed by atoms with E-state index in [1.54, 1.807) is 12.1 Å². The minimum absolute atomic E-state index is 0.0612. The minimum atomic E-state index is -3.47. The van der Waals surface area contributed by atoms with Crippen molar-refractivity contribution in [1.82, 2.24) is 10.0 Å². The van der Waals surface area contributed by atoms with Crippen LogP contribution in [-0.4, -0.2) is 21.5 Å². The highest BCUT2D eigenvalue weighted by molar-refractivity contribution is 9.10. The Bertz CT molecular complexity index is 581. The highest BCUT2D eigenvalue weighted by Crippen LogP contribution is 2.27. The Kier molecular flexibility index (Phi) is 5.82. The van der Waals surface area contributed by atoms with Crippen molar-refractivity contribution >= 4 is 26.0 Å². The molecule has 1 saturated carbocycles. The van der Waals surface area contributed by atoms with E-state index in [1.807, 2.05) is 13.1 Å². The van der Waals surface area contributed by atoms with Gasteiger partial charge in [-0.3, -0.25) is 0 Å². The molecule has 0 saturated heterocycles. The average molecular weight is 375 g/mol. The SMILES string of the molecule is CNCc1ccc(Br)c(S(=O)(=O)NC2CCC(C)CC2)c1. The second kappa shape index (κ2) is 7.22. The molecular formula is C15H23BrN2O2S. The quantitative estimate of drug-likeness (QED) is 0.832. The predicted octanol–water partition coefficient (Wildman–Crippen LogP) is 3.03. The van der Waals surface area contributed by atoms with Crippen molar-refractivity contribution in [2.45, 2.75) is 50.1 Å². The summed E-state index contributed by atoms with van der Waals surface area (Å²) in [6.45, 7) is 2.87. The van der Waals surface area contributed by atoms with Crippen molar-refractivity contribution in [3.8, 4) is 0 Å². The van der Waals surface area contributed by atoms with Gasteiger partial charge in [-0.2, -0.15) is 0 Å². The molecule has 0 aliphatic heterocycles. The summed E-state index contributed by atoms with van der Waals surface area (Å²) in [4.78, 5) is 0.328. The topological polar surface area (TPSA) is 58.2 Å². The molecule has 2 N–H and O–H groups in total. The second-order valence-electron chi connectivity index (χ2n) is 5.87. The van der Waals surface area contributed by atoms with E-state index in [0.29, 0.717) is 21.8 Å². The second-order valence-corrected chi connectivity index (χ2v) is 8.41. The molecule has 2 rings (SSSR count). The molecule has 0 radical (unpaired) electrons. The molecule has 1 aliphatic rings. The predicted molar refractivity (Wildman–Crippen MR) is 88.6 cm³/mol. The lowest BCUT2D eigenvalue weighted by atomic mass is 9.88. The zero-order chi connectivity index (χ0) is 15.5. The van der Waals surface area contributed by atoms with Gasteiger partial charge in [0.2, 0.25) is 10.0 Å². The van der Waals surface area contributed by atoms with E-state index in [4.69, 9.17) is 0 Å². The Morgan fingerprint density at radius 1 is 1.24 bits per heavy atom. The van der Waals surface area contributed by atoms with Crippen LogP contribution in [0.2, 0.25) is 0 Å². The van der Waals surface area contributed by atoms with Gasteiger partial charge in [0.05, 0.1) is 4.90 Å². The first-order chi connectivity index (χ1) is 9.92. The Balaban J connectivity index is 2.17. The van der Waals surface area contributed by atoms with E-state index in [0.717, 1.165) is 31.2 Å². The molecule has 1 aliphatic carbocycles. The highest BCUT2D eigenvalue weighted by atomic mass is 79.9. The summed E-state index contributed by atoms with van der Waals surface area (Å²) in [6.07, 6.45) is 4.03. The van der Waals surface area contributed by atoms with E-state index in [2.05, 4.69) is 32.9 Å². The number of nitrogens with one attached hydrogen (secondary N) is 2. The molecule has 6 heteroatoms. The van der Waals surface area contributed by atoms with Crippen LogP contribution in [0.5, 0.6) is 0 Å². The molecule has 0 amide bonds. The number of rotatable bonds is 5. The molecular weight excluding hydrogens is 352 g/mol. The molecule has 0 unspecified atom stereocenters. The summed E-state index contributed by atoms with van der Waals surface area (Å²) in [5.74, 6) is 0.705. The van der Waals surface area contributed by atoms with E-state index in [1.165, 1.54) is 0 Å². The summed E-state index contributed by atoms with van der Waals surface area (Å²) in [6, 6.07) is 5.51. The fourth-order valence-corrected chi connectivity index (χ4v) is 5.05. The van der Waals surface area contributed by atoms with E-state index < -0.39 is 10.0 Å². The highest BCUT2D eigenvalue weighted by Gasteiger charge is 2.25. The van der Waals surface area contributed by atoms with Crippen molar-refractivity contribution in [3.63, 3.8) is 0 Å². The van der Waals surface area contributed by atoms with E-state index in [9.17, 15) is 8.42 Å². The van der Waals surface area contributed by atoms with Crippen molar-refractivity contribution in [2.24, 2.45) is 5.92 Å². The Morgan fingerprint density at radius 2 is 1.90 bits per heavy atom. The van der Waals surface area contributed by atoms with Gasteiger partial charge < -0.3 is 5.32 Å². The Hall–Kier alpha value is -0.430. The van der Waals surface area contributed by atoms with Gasteiger partial charge in [0.25, 0.3) is 0 Å². The van der Waals surface area contributed by atoms with Gasteiger partial charge >= 0.3 is 0 Å². The van der Waals surface area contributed by atoms with E-state index in [-0.39, 0.29) is 6.04 Å². The maximum atomic E-state index is 12.6. The number of sulfonamides is 1. The lowest BCUT2D eigenvalue weighted by Gasteiger charge is -2.26. The summed E-state index contributed by atoms with van der Waals surface area (Å²) in [5.41, 5.74) is 0.957. The van der Waals surface area contributed by atoms with Crippen LogP contribution in [-0.2, 0) is 16.6 Å². The van der Waals surface area contributed by atoms with Crippen LogP contribution in [0.4, 0.5) is 0 Å². The molecule has 21 heavy (non-hydrogen) atoms. The van der Waals surface area contributed by atoms with E-state index >= 15 is 0 Å². The van der Waals surface area contributed by atoms with Gasteiger partial charge in [-0.1, -0.05) is 13.0 Å². The lowest BCUT2D eigenvalue weighted by molar-refractivity contribution is 0.332. The fraction of sp³-hybridized carbons (Fsp3) is 0.600. The Labute approximate surface area is 135 Å². The molecule has 1 aromatic rings. The summed E-state index contributed by atoms with van der Waals surface area (Å²) >= 11 is 3.35. The first kappa shape index (κ1) is 16.9. The van der Waals surface area contributed by atoms with Gasteiger partial charge in [-0.05, 0) is 72.3 Å². The molecule has 0 atom stereocenters. The van der Waals surface area contributed by atoms with Crippen LogP contribution in [0.3, 0.4) is 0 Å². The zero-order valence-corrected chi connectivity index (χ0v) is 14.9. The molecule has 1 aromatic carbocycles. The number of hydrogen-bond acceptors (Lipinski definition) is 3. The standard InChI is InChI=1S/C15H23BrN2O2S/c1-11-3-6-13(7-4-11)18-21(19,20)15-9-12(10-17-2)5-8-14(15)16/h5,8-9,11,13,17-18H,3-4,6-7,10H2,1-2H3. The summed E-state index contributed by atoms with van der Waals surface area (Å²) in [5, 5.41) is 3.04. The largest absolute Gasteiger partial charge is 0.316 e. The molecule has 118 valence electrons. The van der Waals surface area contributed by atoms with Crippen molar-refractivity contribution in [2.75, 3.05) is 7.05 Å². The third-order valence-electron chi connectivity index (χ3n) is 4.00. The Morgan fingerprint density at radius 3 is 2.52 bits per heavy atom. The number of halogens is 1. The van der Waals surface area contributed by atoms with Crippen molar-refractivity contribution in [1.29, 1.82) is 0 Å². The number of benzene rings is 1. The fourth-order valence-electron chi connectivity index (χ4n) is 2.73. The zero-order valence-electron chi connectivity index (χ0n) is 12.5. The van der Waals surface area contributed by atoms with Crippen molar-refractivity contribution in [3.05, 3.63) is 28.2 Å². The molecule has 0 heterocycles. The average Bonchev–Trinajstić information content (AvgIpc) is 2.43. The maximum absolute atomic E-state index is 12.6. The van der Waals surface area contributed by atoms with Crippen LogP contribution < -0.4 is 10.0 Å². The van der Waals surface area contributed by atoms with Crippen LogP contribution in [0.1, 0.15) is 38.2 Å². The van der Waals surface area contributed by atoms with Crippen LogP contribution in [0.25, 0.3) is 0 Å². The molecule has 0 bridgehead atoms. The minimum Gasteiger partial charge on any atom is -0.316 e. The van der Waals surface area contributed by atoms with Gasteiger partial charge in [-0.15, -0.1) is 0 Å². The molecule has 0 aromatic heterocycles. The molecule has 1 fully saturated rings. The first-order valence-electron chi connectivity index (χ1n) is 7.37. The normalized spacial score (nSPS) is 23.2. The van der Waals surface area contributed by atoms with Crippen molar-refractivity contribution < 1.29 is 8.42 Å². The van der Waals surface area contributed by atoms with Crippen LogP contribution in [0, 0.1) is 5.92 Å².